The van der Waals surface area contributed by atoms with Crippen molar-refractivity contribution in [2.45, 2.75) is 0 Å². The van der Waals surface area contributed by atoms with Crippen LogP contribution in [0, 0.1) is 0 Å². The van der Waals surface area contributed by atoms with E-state index >= 15 is 0 Å². The van der Waals surface area contributed by atoms with E-state index < -0.39 is 0 Å². The summed E-state index contributed by atoms with van der Waals surface area (Å²) in [5.41, 5.74) is 0. The number of methoxy groups -OCH3 is 1. The van der Waals surface area contributed by atoms with Gasteiger partial charge in [-0.25, -0.2) is 4.79 Å². The van der Waals surface area contributed by atoms with Crippen LogP contribution in [0.3, 0.4) is 0 Å². The van der Waals surface area contributed by atoms with Gasteiger partial charge in [0.25, 0.3) is 5.91 Å². The average Bonchev–Trinajstić information content (AvgIpc) is 2.72. The normalized spacial score (nSPS) is 14.8. The number of fused-ring (bicyclic) bond motifs is 1. The molecule has 7 nitrogen and oxygen atoms in total. The summed E-state index contributed by atoms with van der Waals surface area (Å²) in [5, 5.41) is 5.10. The Balaban J connectivity index is 1.34. The van der Waals surface area contributed by atoms with Gasteiger partial charge in [0.2, 0.25) is 0 Å². The van der Waals surface area contributed by atoms with E-state index in [0.29, 0.717) is 25.4 Å². The van der Waals surface area contributed by atoms with Crippen molar-refractivity contribution in [2.75, 3.05) is 53.0 Å². The van der Waals surface area contributed by atoms with Crippen molar-refractivity contribution in [1.29, 1.82) is 0 Å². The molecule has 144 valence electrons. The summed E-state index contributed by atoms with van der Waals surface area (Å²) >= 11 is 0. The van der Waals surface area contributed by atoms with Crippen molar-refractivity contribution in [1.82, 2.24) is 15.1 Å². The number of piperazine rings is 1. The molecule has 1 heterocycles. The summed E-state index contributed by atoms with van der Waals surface area (Å²) in [6.45, 7) is 4.14. The molecule has 0 saturated carbocycles. The van der Waals surface area contributed by atoms with Gasteiger partial charge in [-0.05, 0) is 22.9 Å². The molecule has 0 spiro atoms. The van der Waals surface area contributed by atoms with E-state index in [2.05, 4.69) is 10.2 Å². The van der Waals surface area contributed by atoms with Crippen LogP contribution in [0.1, 0.15) is 0 Å². The fraction of sp³-hybridized carbons (Fsp3) is 0.400. The van der Waals surface area contributed by atoms with Gasteiger partial charge in [0.15, 0.2) is 6.61 Å². The standard InChI is InChI=1S/C20H25N3O4/c1-26-20(25)23-12-10-22(11-13-23)9-8-21-19(24)15-27-18-7-6-16-4-2-3-5-17(16)14-18/h2-7,14H,8-13,15H2,1H3,(H,21,24). The van der Waals surface area contributed by atoms with Gasteiger partial charge in [0, 0.05) is 39.3 Å². The maximum Gasteiger partial charge on any atom is 0.409 e. The van der Waals surface area contributed by atoms with Gasteiger partial charge in [-0.3, -0.25) is 9.69 Å². The van der Waals surface area contributed by atoms with Crippen molar-refractivity contribution in [3.05, 3.63) is 42.5 Å². The third kappa shape index (κ3) is 5.34. The number of carbonyl (C=O) groups is 2. The Morgan fingerprint density at radius 3 is 2.52 bits per heavy atom. The molecule has 0 bridgehead atoms. The van der Waals surface area contributed by atoms with Crippen LogP contribution in [0.25, 0.3) is 10.8 Å². The van der Waals surface area contributed by atoms with Crippen molar-refractivity contribution in [2.24, 2.45) is 0 Å². The summed E-state index contributed by atoms with van der Waals surface area (Å²) in [4.78, 5) is 27.3. The summed E-state index contributed by atoms with van der Waals surface area (Å²) in [6.07, 6.45) is -0.284. The minimum atomic E-state index is -0.284. The number of ether oxygens (including phenoxy) is 2. The zero-order valence-electron chi connectivity index (χ0n) is 15.5. The Kier molecular flexibility index (Phi) is 6.49. The lowest BCUT2D eigenvalue weighted by atomic mass is 10.1. The first-order chi connectivity index (χ1) is 13.2. The first-order valence-corrected chi connectivity index (χ1v) is 9.09. The number of rotatable bonds is 6. The first kappa shape index (κ1) is 19.0. The van der Waals surface area contributed by atoms with E-state index in [1.807, 2.05) is 42.5 Å². The largest absolute Gasteiger partial charge is 0.484 e. The van der Waals surface area contributed by atoms with Crippen molar-refractivity contribution >= 4 is 22.8 Å². The lowest BCUT2D eigenvalue weighted by Gasteiger charge is -2.33. The zero-order chi connectivity index (χ0) is 19.1. The van der Waals surface area contributed by atoms with Crippen LogP contribution < -0.4 is 10.1 Å². The minimum absolute atomic E-state index is 0.00550. The fourth-order valence-electron chi connectivity index (χ4n) is 3.09. The molecule has 3 rings (SSSR count). The number of hydrogen-bond donors (Lipinski definition) is 1. The van der Waals surface area contributed by atoms with Gasteiger partial charge in [0.05, 0.1) is 7.11 Å². The van der Waals surface area contributed by atoms with Crippen LogP contribution in [0.4, 0.5) is 4.79 Å². The van der Waals surface area contributed by atoms with Crippen LogP contribution in [0.5, 0.6) is 5.75 Å². The SMILES string of the molecule is COC(=O)N1CCN(CCNC(=O)COc2ccc3ccccc3c2)CC1. The highest BCUT2D eigenvalue weighted by Crippen LogP contribution is 2.20. The Morgan fingerprint density at radius 2 is 1.78 bits per heavy atom. The molecular formula is C20H25N3O4. The molecule has 2 aromatic carbocycles. The van der Waals surface area contributed by atoms with E-state index in [1.54, 1.807) is 4.90 Å². The quantitative estimate of drug-likeness (QED) is 0.837. The first-order valence-electron chi connectivity index (χ1n) is 9.09. The van der Waals surface area contributed by atoms with E-state index in [0.717, 1.165) is 30.4 Å². The Hall–Kier alpha value is -2.80. The predicted molar refractivity (Wildman–Crippen MR) is 103 cm³/mol. The topological polar surface area (TPSA) is 71.1 Å². The summed E-state index contributed by atoms with van der Waals surface area (Å²) in [5.74, 6) is 0.541. The third-order valence-corrected chi connectivity index (χ3v) is 4.65. The van der Waals surface area contributed by atoms with Crippen molar-refractivity contribution in [3.63, 3.8) is 0 Å². The lowest BCUT2D eigenvalue weighted by molar-refractivity contribution is -0.123. The highest BCUT2D eigenvalue weighted by molar-refractivity contribution is 5.84. The van der Waals surface area contributed by atoms with Crippen LogP contribution in [0.2, 0.25) is 0 Å². The van der Waals surface area contributed by atoms with Gasteiger partial charge in [0.1, 0.15) is 5.75 Å². The molecular weight excluding hydrogens is 346 g/mol. The van der Waals surface area contributed by atoms with Crippen LogP contribution in [0.15, 0.2) is 42.5 Å². The van der Waals surface area contributed by atoms with Gasteiger partial charge >= 0.3 is 6.09 Å². The average molecular weight is 371 g/mol. The summed E-state index contributed by atoms with van der Waals surface area (Å²) in [6, 6.07) is 13.8. The number of hydrogen-bond acceptors (Lipinski definition) is 5. The minimum Gasteiger partial charge on any atom is -0.484 e. The second-order valence-electron chi connectivity index (χ2n) is 6.45. The van der Waals surface area contributed by atoms with E-state index in [-0.39, 0.29) is 18.6 Å². The monoisotopic (exact) mass is 371 g/mol. The Bertz CT molecular complexity index is 788. The maximum atomic E-state index is 12.0. The Morgan fingerprint density at radius 1 is 1.04 bits per heavy atom. The molecule has 0 radical (unpaired) electrons. The number of nitrogens with zero attached hydrogens (tertiary/aromatic N) is 2. The molecule has 2 aromatic rings. The molecule has 0 aliphatic carbocycles. The fourth-order valence-corrected chi connectivity index (χ4v) is 3.09. The van der Waals surface area contributed by atoms with E-state index in [4.69, 9.17) is 9.47 Å². The van der Waals surface area contributed by atoms with E-state index in [1.165, 1.54) is 7.11 Å². The summed E-state index contributed by atoms with van der Waals surface area (Å²) in [7, 11) is 1.39. The number of benzene rings is 2. The molecule has 0 unspecified atom stereocenters. The molecule has 1 aliphatic rings. The van der Waals surface area contributed by atoms with Crippen LogP contribution in [-0.4, -0.2) is 74.8 Å². The van der Waals surface area contributed by atoms with Crippen LogP contribution in [-0.2, 0) is 9.53 Å². The lowest BCUT2D eigenvalue weighted by Crippen LogP contribution is -2.50. The molecule has 1 aliphatic heterocycles. The second-order valence-corrected chi connectivity index (χ2v) is 6.45. The van der Waals surface area contributed by atoms with Gasteiger partial charge < -0.3 is 19.7 Å². The van der Waals surface area contributed by atoms with Crippen LogP contribution >= 0.6 is 0 Å². The van der Waals surface area contributed by atoms with Gasteiger partial charge in [-0.2, -0.15) is 0 Å². The third-order valence-electron chi connectivity index (χ3n) is 4.65. The zero-order valence-corrected chi connectivity index (χ0v) is 15.5. The highest BCUT2D eigenvalue weighted by Gasteiger charge is 2.21. The molecule has 7 heteroatoms. The van der Waals surface area contributed by atoms with Crippen molar-refractivity contribution in [3.8, 4) is 5.75 Å². The molecule has 1 N–H and O–H groups in total. The summed E-state index contributed by atoms with van der Waals surface area (Å²) < 4.78 is 10.3. The molecule has 27 heavy (non-hydrogen) atoms. The maximum absolute atomic E-state index is 12.0. The predicted octanol–water partition coefficient (Wildman–Crippen LogP) is 1.72. The van der Waals surface area contributed by atoms with Crippen molar-refractivity contribution < 1.29 is 19.1 Å². The van der Waals surface area contributed by atoms with Gasteiger partial charge in [-0.1, -0.05) is 30.3 Å². The van der Waals surface area contributed by atoms with Gasteiger partial charge in [-0.15, -0.1) is 0 Å². The molecule has 1 saturated heterocycles. The van der Waals surface area contributed by atoms with E-state index in [9.17, 15) is 9.59 Å². The Labute approximate surface area is 158 Å². The highest BCUT2D eigenvalue weighted by atomic mass is 16.5. The molecule has 1 fully saturated rings. The number of carbonyl (C=O) groups excluding carboxylic acids is 2. The molecule has 2 amide bonds. The number of nitrogens with one attached hydrogen (secondary N) is 1. The molecule has 0 aromatic heterocycles. The molecule has 0 atom stereocenters. The smallest absolute Gasteiger partial charge is 0.409 e. The second kappa shape index (κ2) is 9.23. The number of amides is 2.